The molecular formula is C11H13F2NO3. The molecule has 0 aromatic carbocycles. The van der Waals surface area contributed by atoms with Crippen molar-refractivity contribution in [1.82, 2.24) is 4.98 Å². The number of aryl methyl sites for hydroxylation is 1. The molecule has 0 N–H and O–H groups in total. The summed E-state index contributed by atoms with van der Waals surface area (Å²) in [6, 6.07) is 1.18. The van der Waals surface area contributed by atoms with E-state index in [9.17, 15) is 13.6 Å². The third-order valence-electron chi connectivity index (χ3n) is 2.09. The molecule has 0 aliphatic carbocycles. The van der Waals surface area contributed by atoms with Gasteiger partial charge in [-0.25, -0.2) is 18.6 Å². The minimum Gasteiger partial charge on any atom is -0.481 e. The molecule has 0 amide bonds. The van der Waals surface area contributed by atoms with Gasteiger partial charge in [0.15, 0.2) is 5.69 Å². The van der Waals surface area contributed by atoms with E-state index in [-0.39, 0.29) is 12.5 Å². The van der Waals surface area contributed by atoms with Crippen LogP contribution < -0.4 is 4.74 Å². The Hall–Kier alpha value is -1.72. The van der Waals surface area contributed by atoms with Gasteiger partial charge in [0.2, 0.25) is 5.88 Å². The number of rotatable bonds is 4. The van der Waals surface area contributed by atoms with Gasteiger partial charge in [-0.05, 0) is 19.9 Å². The fourth-order valence-electron chi connectivity index (χ4n) is 1.35. The maximum atomic E-state index is 12.8. The van der Waals surface area contributed by atoms with E-state index in [0.29, 0.717) is 5.56 Å². The Bertz CT molecular complexity index is 421. The lowest BCUT2D eigenvalue weighted by atomic mass is 10.1. The predicted octanol–water partition coefficient (Wildman–Crippen LogP) is 2.51. The molecule has 0 saturated carbocycles. The Kier molecular flexibility index (Phi) is 4.37. The van der Waals surface area contributed by atoms with E-state index in [1.165, 1.54) is 13.2 Å². The molecule has 0 radical (unpaired) electrons. The van der Waals surface area contributed by atoms with Gasteiger partial charge in [0.25, 0.3) is 6.43 Å². The zero-order valence-electron chi connectivity index (χ0n) is 9.79. The van der Waals surface area contributed by atoms with Crippen molar-refractivity contribution in [2.75, 3.05) is 13.7 Å². The maximum absolute atomic E-state index is 12.8. The summed E-state index contributed by atoms with van der Waals surface area (Å²) in [5, 5.41) is 0. The van der Waals surface area contributed by atoms with Gasteiger partial charge >= 0.3 is 5.97 Å². The van der Waals surface area contributed by atoms with E-state index in [2.05, 4.69) is 9.72 Å². The number of esters is 1. The van der Waals surface area contributed by atoms with Crippen molar-refractivity contribution in [2.24, 2.45) is 0 Å². The molecule has 0 bridgehead atoms. The molecule has 0 atom stereocenters. The van der Waals surface area contributed by atoms with E-state index < -0.39 is 23.7 Å². The first kappa shape index (κ1) is 13.3. The lowest BCUT2D eigenvalue weighted by Gasteiger charge is -2.11. The van der Waals surface area contributed by atoms with Crippen LogP contribution in [0.4, 0.5) is 8.78 Å². The molecule has 1 aromatic rings. The minimum atomic E-state index is -2.79. The van der Waals surface area contributed by atoms with Gasteiger partial charge < -0.3 is 9.47 Å². The van der Waals surface area contributed by atoms with Gasteiger partial charge in [0, 0.05) is 5.56 Å². The fraction of sp³-hybridized carbons (Fsp3) is 0.455. The third-order valence-corrected chi connectivity index (χ3v) is 2.09. The minimum absolute atomic E-state index is 0.0966. The molecule has 1 rings (SSSR count). The highest BCUT2D eigenvalue weighted by Gasteiger charge is 2.23. The van der Waals surface area contributed by atoms with Gasteiger partial charge in [-0.2, -0.15) is 0 Å². The summed E-state index contributed by atoms with van der Waals surface area (Å²) < 4.78 is 35.1. The van der Waals surface area contributed by atoms with Crippen LogP contribution in [0.2, 0.25) is 0 Å². The lowest BCUT2D eigenvalue weighted by molar-refractivity contribution is 0.0506. The van der Waals surface area contributed by atoms with E-state index >= 15 is 0 Å². The molecular weight excluding hydrogens is 232 g/mol. The predicted molar refractivity (Wildman–Crippen MR) is 56.4 cm³/mol. The maximum Gasteiger partial charge on any atom is 0.357 e. The van der Waals surface area contributed by atoms with Crippen LogP contribution in [0.1, 0.15) is 35.0 Å². The van der Waals surface area contributed by atoms with Gasteiger partial charge in [0.05, 0.1) is 19.3 Å². The number of pyridine rings is 1. The second kappa shape index (κ2) is 5.56. The average molecular weight is 245 g/mol. The number of alkyl halides is 2. The quantitative estimate of drug-likeness (QED) is 0.765. The molecule has 0 aliphatic heterocycles. The number of ether oxygens (including phenoxy) is 2. The Morgan fingerprint density at radius 2 is 2.18 bits per heavy atom. The summed E-state index contributed by atoms with van der Waals surface area (Å²) in [4.78, 5) is 15.2. The average Bonchev–Trinajstić information content (AvgIpc) is 2.28. The van der Waals surface area contributed by atoms with Crippen LogP contribution in [0, 0.1) is 6.92 Å². The largest absolute Gasteiger partial charge is 0.481 e. The van der Waals surface area contributed by atoms with Crippen LogP contribution in [0.3, 0.4) is 0 Å². The fourth-order valence-corrected chi connectivity index (χ4v) is 1.35. The molecule has 1 aromatic heterocycles. The second-order valence-corrected chi connectivity index (χ2v) is 3.27. The molecule has 1 heterocycles. The summed E-state index contributed by atoms with van der Waals surface area (Å²) in [6.07, 6.45) is -2.79. The first-order chi connectivity index (χ1) is 8.01. The van der Waals surface area contributed by atoms with Crippen LogP contribution in [0.15, 0.2) is 6.07 Å². The lowest BCUT2D eigenvalue weighted by Crippen LogP contribution is -2.12. The number of nitrogens with zero attached hydrogens (tertiary/aromatic N) is 1. The van der Waals surface area contributed by atoms with Crippen LogP contribution >= 0.6 is 0 Å². The molecule has 6 heteroatoms. The SMILES string of the molecule is CCOC(=O)c1nc(OC)c(C)cc1C(F)F. The molecule has 0 saturated heterocycles. The number of hydrogen-bond donors (Lipinski definition) is 0. The van der Waals surface area contributed by atoms with Crippen molar-refractivity contribution in [3.8, 4) is 5.88 Å². The summed E-state index contributed by atoms with van der Waals surface area (Å²) in [7, 11) is 1.35. The van der Waals surface area contributed by atoms with E-state index in [4.69, 9.17) is 4.74 Å². The smallest absolute Gasteiger partial charge is 0.357 e. The normalized spacial score (nSPS) is 10.5. The topological polar surface area (TPSA) is 48.4 Å². The summed E-state index contributed by atoms with van der Waals surface area (Å²) in [5.74, 6) is -0.737. The molecule has 0 unspecified atom stereocenters. The highest BCUT2D eigenvalue weighted by Crippen LogP contribution is 2.27. The van der Waals surface area contributed by atoms with Gasteiger partial charge in [0.1, 0.15) is 0 Å². The Morgan fingerprint density at radius 3 is 2.65 bits per heavy atom. The van der Waals surface area contributed by atoms with Crippen molar-refractivity contribution in [3.05, 3.63) is 22.9 Å². The van der Waals surface area contributed by atoms with Crippen molar-refractivity contribution in [3.63, 3.8) is 0 Å². The zero-order chi connectivity index (χ0) is 13.0. The monoisotopic (exact) mass is 245 g/mol. The van der Waals surface area contributed by atoms with Crippen LogP contribution in [-0.4, -0.2) is 24.7 Å². The van der Waals surface area contributed by atoms with Crippen LogP contribution in [-0.2, 0) is 4.74 Å². The summed E-state index contributed by atoms with van der Waals surface area (Å²) in [6.45, 7) is 3.26. The van der Waals surface area contributed by atoms with Crippen molar-refractivity contribution in [2.45, 2.75) is 20.3 Å². The van der Waals surface area contributed by atoms with E-state index in [1.807, 2.05) is 0 Å². The standard InChI is InChI=1S/C11H13F2NO3/c1-4-17-11(15)8-7(9(12)13)5-6(2)10(14-8)16-3/h5,9H,4H2,1-3H3. The molecule has 94 valence electrons. The zero-order valence-corrected chi connectivity index (χ0v) is 9.79. The van der Waals surface area contributed by atoms with Crippen LogP contribution in [0.5, 0.6) is 5.88 Å². The van der Waals surface area contributed by atoms with Crippen LogP contribution in [0.25, 0.3) is 0 Å². The summed E-state index contributed by atoms with van der Waals surface area (Å²) >= 11 is 0. The Morgan fingerprint density at radius 1 is 1.53 bits per heavy atom. The first-order valence-electron chi connectivity index (χ1n) is 5.02. The van der Waals surface area contributed by atoms with Crippen molar-refractivity contribution >= 4 is 5.97 Å². The van der Waals surface area contributed by atoms with Gasteiger partial charge in [-0.3, -0.25) is 0 Å². The molecule has 0 fully saturated rings. The first-order valence-corrected chi connectivity index (χ1v) is 5.02. The second-order valence-electron chi connectivity index (χ2n) is 3.27. The molecule has 0 spiro atoms. The number of carbonyl (C=O) groups is 1. The number of hydrogen-bond acceptors (Lipinski definition) is 4. The van der Waals surface area contributed by atoms with Gasteiger partial charge in [-0.1, -0.05) is 0 Å². The number of aromatic nitrogens is 1. The number of halogens is 2. The van der Waals surface area contributed by atoms with Crippen molar-refractivity contribution in [1.29, 1.82) is 0 Å². The highest BCUT2D eigenvalue weighted by molar-refractivity contribution is 5.89. The van der Waals surface area contributed by atoms with Gasteiger partial charge in [-0.15, -0.1) is 0 Å². The third kappa shape index (κ3) is 2.89. The molecule has 4 nitrogen and oxygen atoms in total. The Balaban J connectivity index is 3.28. The Labute approximate surface area is 97.6 Å². The number of methoxy groups -OCH3 is 1. The number of carbonyl (C=O) groups excluding carboxylic acids is 1. The molecule has 17 heavy (non-hydrogen) atoms. The molecule has 0 aliphatic rings. The highest BCUT2D eigenvalue weighted by atomic mass is 19.3. The summed E-state index contributed by atoms with van der Waals surface area (Å²) in [5.41, 5.74) is -0.401. The van der Waals surface area contributed by atoms with Crippen molar-refractivity contribution < 1.29 is 23.0 Å². The van der Waals surface area contributed by atoms with E-state index in [0.717, 1.165) is 0 Å². The van der Waals surface area contributed by atoms with E-state index in [1.54, 1.807) is 13.8 Å².